The smallest absolute Gasteiger partial charge is 0.258 e. The van der Waals surface area contributed by atoms with Gasteiger partial charge in [-0.3, -0.25) is 0 Å². The van der Waals surface area contributed by atoms with Crippen molar-refractivity contribution in [2.75, 3.05) is 0 Å². The predicted molar refractivity (Wildman–Crippen MR) is 29.1 cm³/mol. The second-order valence-corrected chi connectivity index (χ2v) is 1.54. The van der Waals surface area contributed by atoms with Gasteiger partial charge in [0.25, 0.3) is 7.98 Å². The molecule has 0 saturated carbocycles. The van der Waals surface area contributed by atoms with Gasteiger partial charge in [0.1, 0.15) is 0 Å². The molecule has 0 rings (SSSR count). The molecule has 0 aromatic rings. The molecule has 0 aliphatic heterocycles. The SMILES string of the molecule is [B]N=CC(C)C. The zero-order chi connectivity index (χ0) is 4.99. The zero-order valence-electron chi connectivity index (χ0n) is 4.18. The third-order valence-corrected chi connectivity index (χ3v) is 0.384. The Bertz CT molecular complexity index is 49.5. The maximum Gasteiger partial charge on any atom is 0.258 e. The third kappa shape index (κ3) is 3.73. The number of hydrogen-bond donors (Lipinski definition) is 0. The zero-order valence-corrected chi connectivity index (χ0v) is 4.18. The average Bonchev–Trinajstić information content (AvgIpc) is 1.35. The van der Waals surface area contributed by atoms with Crippen molar-refractivity contribution in [1.29, 1.82) is 0 Å². The van der Waals surface area contributed by atoms with Gasteiger partial charge in [0, 0.05) is 0 Å². The average molecular weight is 80.9 g/mol. The van der Waals surface area contributed by atoms with E-state index in [4.69, 9.17) is 7.98 Å². The van der Waals surface area contributed by atoms with Crippen LogP contribution in [0.25, 0.3) is 0 Å². The van der Waals surface area contributed by atoms with Crippen molar-refractivity contribution in [1.82, 2.24) is 0 Å². The molecule has 0 saturated heterocycles. The fourth-order valence-corrected chi connectivity index (χ4v) is 0.172. The summed E-state index contributed by atoms with van der Waals surface area (Å²) in [6, 6.07) is 0. The van der Waals surface area contributed by atoms with Gasteiger partial charge >= 0.3 is 0 Å². The second kappa shape index (κ2) is 2.95. The molecule has 32 valence electrons. The van der Waals surface area contributed by atoms with Gasteiger partial charge in [0.2, 0.25) is 0 Å². The van der Waals surface area contributed by atoms with Crippen LogP contribution in [0.5, 0.6) is 0 Å². The van der Waals surface area contributed by atoms with Crippen LogP contribution in [0.3, 0.4) is 0 Å². The molecule has 2 heteroatoms. The molecule has 0 unspecified atom stereocenters. The summed E-state index contributed by atoms with van der Waals surface area (Å²) in [5.74, 6) is 0.481. The lowest BCUT2D eigenvalue weighted by atomic mass is 10.2. The molecule has 6 heavy (non-hydrogen) atoms. The van der Waals surface area contributed by atoms with E-state index in [1.54, 1.807) is 6.21 Å². The number of rotatable bonds is 1. The molecule has 0 fully saturated rings. The van der Waals surface area contributed by atoms with Crippen LogP contribution in [0.1, 0.15) is 13.8 Å². The molecule has 1 nitrogen and oxygen atoms in total. The monoisotopic (exact) mass is 81.1 g/mol. The first-order chi connectivity index (χ1) is 2.77. The Morgan fingerprint density at radius 1 is 1.67 bits per heavy atom. The fraction of sp³-hybridized carbons (Fsp3) is 0.750. The number of nitrogens with zero attached hydrogens (tertiary/aromatic N) is 1. The van der Waals surface area contributed by atoms with E-state index in [0.717, 1.165) is 0 Å². The minimum Gasteiger partial charge on any atom is -0.367 e. The Labute approximate surface area is 39.9 Å². The molecular weight excluding hydrogens is 72.9 g/mol. The first-order valence-electron chi connectivity index (χ1n) is 2.00. The largest absolute Gasteiger partial charge is 0.367 e. The topological polar surface area (TPSA) is 12.4 Å². The van der Waals surface area contributed by atoms with Gasteiger partial charge in [-0.05, 0) is 12.1 Å². The molecule has 2 radical (unpaired) electrons. The van der Waals surface area contributed by atoms with Crippen LogP contribution >= 0.6 is 0 Å². The van der Waals surface area contributed by atoms with Crippen molar-refractivity contribution in [2.24, 2.45) is 10.8 Å². The second-order valence-electron chi connectivity index (χ2n) is 1.54. The molecular formula is C4H8BN. The van der Waals surface area contributed by atoms with Crippen molar-refractivity contribution >= 4 is 14.2 Å². The van der Waals surface area contributed by atoms with Gasteiger partial charge in [-0.15, -0.1) is 0 Å². The van der Waals surface area contributed by atoms with Crippen molar-refractivity contribution in [3.05, 3.63) is 0 Å². The van der Waals surface area contributed by atoms with Gasteiger partial charge in [-0.1, -0.05) is 13.8 Å². The van der Waals surface area contributed by atoms with Crippen LogP contribution in [0.15, 0.2) is 4.90 Å². The highest BCUT2D eigenvalue weighted by Crippen LogP contribution is 1.81. The Balaban J connectivity index is 3.03. The number of hydrogen-bond acceptors (Lipinski definition) is 1. The van der Waals surface area contributed by atoms with E-state index >= 15 is 0 Å². The predicted octanol–water partition coefficient (Wildman–Crippen LogP) is 0.797. The van der Waals surface area contributed by atoms with E-state index in [1.807, 2.05) is 13.8 Å². The summed E-state index contributed by atoms with van der Waals surface area (Å²) in [4.78, 5) is 3.31. The summed E-state index contributed by atoms with van der Waals surface area (Å²) in [6.45, 7) is 4.05. The van der Waals surface area contributed by atoms with E-state index in [9.17, 15) is 0 Å². The van der Waals surface area contributed by atoms with Crippen LogP contribution in [0.2, 0.25) is 0 Å². The summed E-state index contributed by atoms with van der Waals surface area (Å²) < 4.78 is 0. The Kier molecular flexibility index (Phi) is 2.82. The Morgan fingerprint density at radius 3 is 2.17 bits per heavy atom. The van der Waals surface area contributed by atoms with Crippen molar-refractivity contribution in [3.63, 3.8) is 0 Å². The Morgan fingerprint density at radius 2 is 2.17 bits per heavy atom. The highest BCUT2D eigenvalue weighted by Gasteiger charge is 1.77. The normalized spacial score (nSPS) is 11.2. The first kappa shape index (κ1) is 5.73. The standard InChI is InChI=1S/C4H8BN/c1-4(2)3-6-5/h3-4H,1-2H3. The van der Waals surface area contributed by atoms with E-state index in [1.165, 1.54) is 0 Å². The van der Waals surface area contributed by atoms with Gasteiger partial charge < -0.3 is 4.90 Å². The molecule has 0 atom stereocenters. The highest BCUT2D eigenvalue weighted by atomic mass is 14.5. The molecule has 0 amide bonds. The van der Waals surface area contributed by atoms with Gasteiger partial charge in [-0.2, -0.15) is 0 Å². The molecule has 0 bridgehead atoms. The summed E-state index contributed by atoms with van der Waals surface area (Å²) in [5.41, 5.74) is 0. The van der Waals surface area contributed by atoms with E-state index in [0.29, 0.717) is 5.92 Å². The summed E-state index contributed by atoms with van der Waals surface area (Å²) in [6.07, 6.45) is 1.69. The lowest BCUT2D eigenvalue weighted by molar-refractivity contribution is 0.910. The van der Waals surface area contributed by atoms with E-state index in [2.05, 4.69) is 4.90 Å². The van der Waals surface area contributed by atoms with Crippen LogP contribution in [-0.4, -0.2) is 14.2 Å². The summed E-state index contributed by atoms with van der Waals surface area (Å²) >= 11 is 0. The van der Waals surface area contributed by atoms with Crippen LogP contribution < -0.4 is 0 Å². The van der Waals surface area contributed by atoms with E-state index in [-0.39, 0.29) is 0 Å². The van der Waals surface area contributed by atoms with Crippen molar-refractivity contribution in [2.45, 2.75) is 13.8 Å². The molecule has 0 N–H and O–H groups in total. The first-order valence-corrected chi connectivity index (χ1v) is 2.00. The molecule has 0 aromatic carbocycles. The molecule has 0 heterocycles. The quantitative estimate of drug-likeness (QED) is 0.327. The molecule has 0 aliphatic carbocycles. The van der Waals surface area contributed by atoms with Crippen molar-refractivity contribution < 1.29 is 0 Å². The van der Waals surface area contributed by atoms with Crippen LogP contribution in [0.4, 0.5) is 0 Å². The van der Waals surface area contributed by atoms with Crippen LogP contribution in [-0.2, 0) is 0 Å². The van der Waals surface area contributed by atoms with Crippen molar-refractivity contribution in [3.8, 4) is 0 Å². The molecule has 0 spiro atoms. The minimum atomic E-state index is 0.481. The summed E-state index contributed by atoms with van der Waals surface area (Å²) in [7, 11) is 4.80. The Hall–Kier alpha value is -0.265. The maximum absolute atomic E-state index is 4.80. The van der Waals surface area contributed by atoms with E-state index < -0.39 is 0 Å². The molecule has 0 aromatic heterocycles. The van der Waals surface area contributed by atoms with Gasteiger partial charge in [0.05, 0.1) is 0 Å². The van der Waals surface area contributed by atoms with Gasteiger partial charge in [-0.25, -0.2) is 0 Å². The fourth-order valence-electron chi connectivity index (χ4n) is 0.172. The lowest BCUT2D eigenvalue weighted by Gasteiger charge is -1.86. The van der Waals surface area contributed by atoms with Crippen LogP contribution in [0, 0.1) is 5.92 Å². The molecule has 0 aliphatic rings. The van der Waals surface area contributed by atoms with Gasteiger partial charge in [0.15, 0.2) is 0 Å². The third-order valence-electron chi connectivity index (χ3n) is 0.384. The maximum atomic E-state index is 4.80. The minimum absolute atomic E-state index is 0.481. The summed E-state index contributed by atoms with van der Waals surface area (Å²) in [5, 5.41) is 0. The highest BCUT2D eigenvalue weighted by molar-refractivity contribution is 6.09. The lowest BCUT2D eigenvalue weighted by Crippen LogP contribution is -1.84.